The molecule has 0 bridgehead atoms. The molecule has 0 aliphatic carbocycles. The molecule has 0 spiro atoms. The van der Waals surface area contributed by atoms with Gasteiger partial charge in [-0.2, -0.15) is 0 Å². The number of nitrogens with zero attached hydrogens (tertiary/aromatic N) is 1. The highest BCUT2D eigenvalue weighted by atomic mass is 16.6. The Morgan fingerprint density at radius 2 is 1.88 bits per heavy atom. The Morgan fingerprint density at radius 3 is 2.46 bits per heavy atom. The van der Waals surface area contributed by atoms with Crippen molar-refractivity contribution in [3.05, 3.63) is 29.8 Å². The second-order valence-corrected chi connectivity index (χ2v) is 6.12. The first-order valence-electron chi connectivity index (χ1n) is 8.78. The first-order valence-corrected chi connectivity index (χ1v) is 8.78. The van der Waals surface area contributed by atoms with E-state index in [2.05, 4.69) is 4.74 Å². The van der Waals surface area contributed by atoms with Crippen molar-refractivity contribution in [2.24, 2.45) is 0 Å². The van der Waals surface area contributed by atoms with Crippen LogP contribution in [0.25, 0.3) is 0 Å². The zero-order chi connectivity index (χ0) is 18.9. The van der Waals surface area contributed by atoms with E-state index in [0.29, 0.717) is 37.6 Å². The van der Waals surface area contributed by atoms with Crippen molar-refractivity contribution in [1.29, 1.82) is 0 Å². The maximum Gasteiger partial charge on any atom is 0.410 e. The SMILES string of the molecule is CCOC(=O)N1CC[NH+](C[C@@H](O)COc2ccc(C(=O)OC)cc2)CC1. The molecule has 1 saturated heterocycles. The number of carbonyl (C=O) groups excluding carboxylic acids is 2. The van der Waals surface area contributed by atoms with Crippen LogP contribution in [0.4, 0.5) is 4.79 Å². The molecule has 1 fully saturated rings. The number of nitrogens with one attached hydrogen (secondary N) is 1. The van der Waals surface area contributed by atoms with Crippen molar-refractivity contribution >= 4 is 12.1 Å². The van der Waals surface area contributed by atoms with Gasteiger partial charge in [0.15, 0.2) is 0 Å². The smallest absolute Gasteiger partial charge is 0.410 e. The van der Waals surface area contributed by atoms with Crippen LogP contribution in [0.3, 0.4) is 0 Å². The molecule has 1 aliphatic heterocycles. The average molecular weight is 367 g/mol. The van der Waals surface area contributed by atoms with E-state index in [9.17, 15) is 14.7 Å². The summed E-state index contributed by atoms with van der Waals surface area (Å²) in [4.78, 5) is 26.0. The molecule has 8 nitrogen and oxygen atoms in total. The number of hydrogen-bond acceptors (Lipinski definition) is 6. The van der Waals surface area contributed by atoms with Crippen LogP contribution in [0, 0.1) is 0 Å². The first kappa shape index (κ1) is 20.0. The van der Waals surface area contributed by atoms with Gasteiger partial charge in [-0.05, 0) is 31.2 Å². The summed E-state index contributed by atoms with van der Waals surface area (Å²) in [5, 5.41) is 10.2. The standard InChI is InChI=1S/C18H26N2O6/c1-3-25-18(23)20-10-8-19(9-11-20)12-15(21)13-26-16-6-4-14(5-7-16)17(22)24-2/h4-7,15,21H,3,8-13H2,1-2H3/p+1/t15-/m1/s1. The number of carbonyl (C=O) groups is 2. The van der Waals surface area contributed by atoms with Crippen molar-refractivity contribution < 1.29 is 33.8 Å². The van der Waals surface area contributed by atoms with Gasteiger partial charge in [0.25, 0.3) is 0 Å². The van der Waals surface area contributed by atoms with Crippen LogP contribution in [0.15, 0.2) is 24.3 Å². The Balaban J connectivity index is 1.70. The van der Waals surface area contributed by atoms with E-state index in [1.165, 1.54) is 12.0 Å². The molecule has 1 aromatic rings. The lowest BCUT2D eigenvalue weighted by molar-refractivity contribution is -0.907. The maximum absolute atomic E-state index is 11.7. The van der Waals surface area contributed by atoms with Gasteiger partial charge in [0.05, 0.1) is 45.5 Å². The number of amides is 1. The Bertz CT molecular complexity index is 584. The number of rotatable bonds is 7. The Morgan fingerprint density at radius 1 is 1.23 bits per heavy atom. The molecule has 0 aromatic heterocycles. The molecule has 1 heterocycles. The minimum absolute atomic E-state index is 0.169. The van der Waals surface area contributed by atoms with Crippen molar-refractivity contribution in [3.63, 3.8) is 0 Å². The van der Waals surface area contributed by atoms with Gasteiger partial charge in [0.2, 0.25) is 0 Å². The van der Waals surface area contributed by atoms with Crippen molar-refractivity contribution in [1.82, 2.24) is 4.90 Å². The van der Waals surface area contributed by atoms with Crippen LogP contribution in [0.2, 0.25) is 0 Å². The molecular weight excluding hydrogens is 340 g/mol. The number of benzene rings is 1. The lowest BCUT2D eigenvalue weighted by Gasteiger charge is -2.32. The van der Waals surface area contributed by atoms with Crippen molar-refractivity contribution in [3.8, 4) is 5.75 Å². The van der Waals surface area contributed by atoms with Gasteiger partial charge in [-0.15, -0.1) is 0 Å². The highest BCUT2D eigenvalue weighted by Crippen LogP contribution is 2.13. The fraction of sp³-hybridized carbons (Fsp3) is 0.556. The molecule has 8 heteroatoms. The van der Waals surface area contributed by atoms with Crippen LogP contribution in [-0.2, 0) is 9.47 Å². The largest absolute Gasteiger partial charge is 0.491 e. The summed E-state index contributed by atoms with van der Waals surface area (Å²) in [7, 11) is 1.33. The molecule has 1 aromatic carbocycles. The van der Waals surface area contributed by atoms with E-state index in [4.69, 9.17) is 9.47 Å². The third-order valence-corrected chi connectivity index (χ3v) is 4.24. The predicted molar refractivity (Wildman–Crippen MR) is 93.4 cm³/mol. The quantitative estimate of drug-likeness (QED) is 0.636. The molecule has 2 N–H and O–H groups in total. The van der Waals surface area contributed by atoms with E-state index in [1.54, 1.807) is 36.1 Å². The highest BCUT2D eigenvalue weighted by molar-refractivity contribution is 5.89. The van der Waals surface area contributed by atoms with E-state index < -0.39 is 12.1 Å². The molecule has 1 amide bonds. The monoisotopic (exact) mass is 367 g/mol. The maximum atomic E-state index is 11.7. The molecule has 0 unspecified atom stereocenters. The number of aliphatic hydroxyl groups is 1. The number of hydrogen-bond donors (Lipinski definition) is 2. The number of esters is 1. The summed E-state index contributed by atoms with van der Waals surface area (Å²) >= 11 is 0. The lowest BCUT2D eigenvalue weighted by Crippen LogP contribution is -3.16. The Kier molecular flexibility index (Phi) is 7.68. The van der Waals surface area contributed by atoms with E-state index in [1.807, 2.05) is 0 Å². The summed E-state index contributed by atoms with van der Waals surface area (Å²) in [6.07, 6.45) is -0.884. The zero-order valence-corrected chi connectivity index (χ0v) is 15.3. The van der Waals surface area contributed by atoms with Gasteiger partial charge in [0, 0.05) is 0 Å². The van der Waals surface area contributed by atoms with Crippen LogP contribution < -0.4 is 9.64 Å². The van der Waals surface area contributed by atoms with Crippen LogP contribution >= 0.6 is 0 Å². The molecule has 1 aliphatic rings. The highest BCUT2D eigenvalue weighted by Gasteiger charge is 2.26. The molecule has 0 saturated carbocycles. The lowest BCUT2D eigenvalue weighted by atomic mass is 10.2. The number of methoxy groups -OCH3 is 1. The summed E-state index contributed by atoms with van der Waals surface area (Å²) in [5.41, 5.74) is 0.448. The fourth-order valence-electron chi connectivity index (χ4n) is 2.81. The van der Waals surface area contributed by atoms with Crippen LogP contribution in [0.5, 0.6) is 5.75 Å². The van der Waals surface area contributed by atoms with Gasteiger partial charge in [0.1, 0.15) is 25.0 Å². The molecule has 1 atom stereocenters. The number of ether oxygens (including phenoxy) is 3. The summed E-state index contributed by atoms with van der Waals surface area (Å²) in [5.74, 6) is 0.181. The first-order chi connectivity index (χ1) is 12.5. The predicted octanol–water partition coefficient (Wildman–Crippen LogP) is -0.430. The second kappa shape index (κ2) is 9.98. The van der Waals surface area contributed by atoms with Gasteiger partial charge in [-0.1, -0.05) is 0 Å². The zero-order valence-electron chi connectivity index (χ0n) is 15.3. The summed E-state index contributed by atoms with van der Waals surface area (Å²) in [6.45, 7) is 5.67. The van der Waals surface area contributed by atoms with Gasteiger partial charge < -0.3 is 24.2 Å². The third kappa shape index (κ3) is 5.89. The molecule has 2 rings (SSSR count). The summed E-state index contributed by atoms with van der Waals surface area (Å²) in [6, 6.07) is 6.58. The number of quaternary nitrogens is 1. The topological polar surface area (TPSA) is 89.7 Å². The van der Waals surface area contributed by atoms with Gasteiger partial charge >= 0.3 is 12.1 Å². The number of aliphatic hydroxyl groups excluding tert-OH is 1. The third-order valence-electron chi connectivity index (χ3n) is 4.24. The molecule has 0 radical (unpaired) electrons. The van der Waals surface area contributed by atoms with E-state index >= 15 is 0 Å². The molecule has 144 valence electrons. The van der Waals surface area contributed by atoms with Crippen molar-refractivity contribution in [2.45, 2.75) is 13.0 Å². The minimum Gasteiger partial charge on any atom is -0.491 e. The van der Waals surface area contributed by atoms with Crippen LogP contribution in [0.1, 0.15) is 17.3 Å². The average Bonchev–Trinajstić information content (AvgIpc) is 2.67. The summed E-state index contributed by atoms with van der Waals surface area (Å²) < 4.78 is 15.2. The van der Waals surface area contributed by atoms with E-state index in [0.717, 1.165) is 13.1 Å². The van der Waals surface area contributed by atoms with Crippen LogP contribution in [-0.4, -0.2) is 81.2 Å². The van der Waals surface area contributed by atoms with Gasteiger partial charge in [-0.3, -0.25) is 4.90 Å². The Hall–Kier alpha value is -2.32. The number of piperazine rings is 1. The Labute approximate surface area is 153 Å². The second-order valence-electron chi connectivity index (χ2n) is 6.12. The minimum atomic E-state index is -0.612. The normalized spacial score (nSPS) is 16.0. The van der Waals surface area contributed by atoms with Gasteiger partial charge in [-0.25, -0.2) is 9.59 Å². The molecule has 26 heavy (non-hydrogen) atoms. The fourth-order valence-corrected chi connectivity index (χ4v) is 2.81. The van der Waals surface area contributed by atoms with Crippen molar-refractivity contribution in [2.75, 3.05) is 53.0 Å². The molecular formula is C18H27N2O6+. The van der Waals surface area contributed by atoms with E-state index in [-0.39, 0.29) is 12.7 Å².